The van der Waals surface area contributed by atoms with Crippen LogP contribution in [0.3, 0.4) is 0 Å². The summed E-state index contributed by atoms with van der Waals surface area (Å²) < 4.78 is 0. The molecule has 0 radical (unpaired) electrons. The molecule has 0 aliphatic rings. The van der Waals surface area contributed by atoms with Crippen molar-refractivity contribution in [3.63, 3.8) is 0 Å². The minimum atomic E-state index is -0.0639. The van der Waals surface area contributed by atoms with Gasteiger partial charge in [0, 0.05) is 21.1 Å². The maximum Gasteiger partial charge on any atom is 0.195 e. The van der Waals surface area contributed by atoms with Crippen LogP contribution < -0.4 is 5.56 Å². The van der Waals surface area contributed by atoms with Gasteiger partial charge < -0.3 is 12.4 Å². The number of aromatic nitrogens is 1. The molecule has 0 fully saturated rings. The van der Waals surface area contributed by atoms with E-state index in [1.54, 1.807) is 0 Å². The number of benzene rings is 2. The molecule has 0 unspecified atom stereocenters. The number of pyridine rings is 1. The summed E-state index contributed by atoms with van der Waals surface area (Å²) in [5.41, 5.74) is 1.94. The number of H-pyrrole nitrogens is 1. The van der Waals surface area contributed by atoms with Gasteiger partial charge in [0.2, 0.25) is 0 Å². The van der Waals surface area contributed by atoms with Crippen molar-refractivity contribution >= 4 is 21.7 Å². The molecular formula is C16H14NOW-3. The first-order valence-electron chi connectivity index (χ1n) is 5.66. The Bertz CT molecular complexity index is 761. The van der Waals surface area contributed by atoms with Gasteiger partial charge in [-0.05, 0) is 0 Å². The second-order valence-corrected chi connectivity index (χ2v) is 4.06. The summed E-state index contributed by atoms with van der Waals surface area (Å²) in [6.07, 6.45) is 0.936. The van der Waals surface area contributed by atoms with Gasteiger partial charge in [-0.3, -0.25) is 4.79 Å². The van der Waals surface area contributed by atoms with E-state index in [1.165, 1.54) is 5.56 Å². The Morgan fingerprint density at radius 3 is 2.79 bits per heavy atom. The van der Waals surface area contributed by atoms with Gasteiger partial charge in [0.25, 0.3) is 0 Å². The summed E-state index contributed by atoms with van der Waals surface area (Å²) >= 11 is 0. The van der Waals surface area contributed by atoms with E-state index in [4.69, 9.17) is 0 Å². The van der Waals surface area contributed by atoms with Gasteiger partial charge in [-0.15, -0.1) is 23.8 Å². The molecule has 0 bridgehead atoms. The standard InChI is InChI=1S/C15H11NO.CH3.W/c1-2-10-7-8-12-11-5-3-4-6-13(11)15(17)16-14(12)9-10;;/h3-4,6-7,9H,2H2,1H3,(H,16,17);1H3;/q-2;-1;. The fourth-order valence-electron chi connectivity index (χ4n) is 2.07. The zero-order chi connectivity index (χ0) is 11.8. The molecular weight excluding hydrogens is 406 g/mol. The molecule has 1 aromatic heterocycles. The molecule has 0 aliphatic carbocycles. The second-order valence-electron chi connectivity index (χ2n) is 4.06. The van der Waals surface area contributed by atoms with Crippen LogP contribution in [0.25, 0.3) is 21.7 Å². The van der Waals surface area contributed by atoms with Crippen LogP contribution >= 0.6 is 0 Å². The number of aromatic amines is 1. The van der Waals surface area contributed by atoms with E-state index in [2.05, 4.69) is 24.0 Å². The van der Waals surface area contributed by atoms with Crippen molar-refractivity contribution in [3.8, 4) is 0 Å². The Morgan fingerprint density at radius 2 is 2.05 bits per heavy atom. The quantitative estimate of drug-likeness (QED) is 0.476. The Kier molecular flexibility index (Phi) is 5.08. The number of hydrogen-bond acceptors (Lipinski definition) is 1. The fraction of sp³-hybridized carbons (Fsp3) is 0.125. The molecule has 1 N–H and O–H groups in total. The molecule has 19 heavy (non-hydrogen) atoms. The number of aryl methyl sites for hydroxylation is 1. The SMILES string of the molecule is CCc1c[c-]c2c(c1)[nH]c(=O)c1ccc[c-]c12.[CH3-].[W]. The molecule has 2 nitrogen and oxygen atoms in total. The number of rotatable bonds is 1. The van der Waals surface area contributed by atoms with Crippen molar-refractivity contribution in [1.82, 2.24) is 4.98 Å². The van der Waals surface area contributed by atoms with Crippen LogP contribution in [0.4, 0.5) is 0 Å². The van der Waals surface area contributed by atoms with Crippen LogP contribution in [0.1, 0.15) is 12.5 Å². The average Bonchev–Trinajstić information content (AvgIpc) is 2.38. The molecule has 3 rings (SSSR count). The number of hydrogen-bond donors (Lipinski definition) is 1. The molecule has 0 amide bonds. The monoisotopic (exact) mass is 420 g/mol. The van der Waals surface area contributed by atoms with E-state index >= 15 is 0 Å². The second kappa shape index (κ2) is 6.16. The Labute approximate surface area is 127 Å². The fourth-order valence-corrected chi connectivity index (χ4v) is 2.07. The summed E-state index contributed by atoms with van der Waals surface area (Å²) in [6.45, 7) is 2.08. The van der Waals surface area contributed by atoms with E-state index < -0.39 is 0 Å². The number of nitrogens with one attached hydrogen (secondary N) is 1. The van der Waals surface area contributed by atoms with Gasteiger partial charge in [0.15, 0.2) is 5.56 Å². The van der Waals surface area contributed by atoms with Crippen LogP contribution in [-0.2, 0) is 27.5 Å². The predicted octanol–water partition coefficient (Wildman–Crippen LogP) is 3.29. The molecule has 0 atom stereocenters. The van der Waals surface area contributed by atoms with Crippen molar-refractivity contribution in [3.05, 3.63) is 65.8 Å². The van der Waals surface area contributed by atoms with E-state index in [0.717, 1.165) is 22.7 Å². The van der Waals surface area contributed by atoms with Crippen molar-refractivity contribution in [2.24, 2.45) is 0 Å². The van der Waals surface area contributed by atoms with Gasteiger partial charge in [-0.25, -0.2) is 10.8 Å². The van der Waals surface area contributed by atoms with Gasteiger partial charge in [-0.1, -0.05) is 24.2 Å². The molecule has 98 valence electrons. The predicted molar refractivity (Wildman–Crippen MR) is 75.5 cm³/mol. The first-order chi connectivity index (χ1) is 8.29. The van der Waals surface area contributed by atoms with Gasteiger partial charge in [0.05, 0.1) is 0 Å². The van der Waals surface area contributed by atoms with Crippen LogP contribution in [-0.4, -0.2) is 4.98 Å². The zero-order valence-electron chi connectivity index (χ0n) is 10.9. The summed E-state index contributed by atoms with van der Waals surface area (Å²) in [5, 5.41) is 2.44. The Morgan fingerprint density at radius 1 is 1.26 bits per heavy atom. The van der Waals surface area contributed by atoms with Gasteiger partial charge in [-0.2, -0.15) is 24.3 Å². The molecule has 1 heterocycles. The molecule has 0 aliphatic heterocycles. The first-order valence-corrected chi connectivity index (χ1v) is 5.66. The first kappa shape index (κ1) is 15.7. The minimum Gasteiger partial charge on any atom is -0.379 e. The largest absolute Gasteiger partial charge is 0.379 e. The Balaban J connectivity index is 0.000000902. The maximum atomic E-state index is 11.9. The van der Waals surface area contributed by atoms with Crippen LogP contribution in [0.15, 0.2) is 35.1 Å². The molecule has 3 aromatic rings. The average molecular weight is 420 g/mol. The third-order valence-corrected chi connectivity index (χ3v) is 3.01. The Hall–Kier alpha value is -1.40. The van der Waals surface area contributed by atoms with E-state index in [9.17, 15) is 4.79 Å². The van der Waals surface area contributed by atoms with Crippen molar-refractivity contribution in [2.45, 2.75) is 13.3 Å². The number of fused-ring (bicyclic) bond motifs is 3. The van der Waals surface area contributed by atoms with E-state index in [-0.39, 0.29) is 34.1 Å². The topological polar surface area (TPSA) is 32.9 Å². The summed E-state index contributed by atoms with van der Waals surface area (Å²) in [6, 6.07) is 15.8. The third kappa shape index (κ3) is 2.64. The third-order valence-electron chi connectivity index (χ3n) is 3.01. The maximum absolute atomic E-state index is 11.9. The van der Waals surface area contributed by atoms with E-state index in [1.807, 2.05) is 30.3 Å². The smallest absolute Gasteiger partial charge is 0.195 e. The van der Waals surface area contributed by atoms with Gasteiger partial charge >= 0.3 is 0 Å². The minimum absolute atomic E-state index is 0. The molecule has 0 saturated heterocycles. The van der Waals surface area contributed by atoms with Crippen LogP contribution in [0.5, 0.6) is 0 Å². The normalized spacial score (nSPS) is 9.95. The molecule has 0 spiro atoms. The van der Waals surface area contributed by atoms with Crippen molar-refractivity contribution in [2.75, 3.05) is 0 Å². The molecule has 2 aromatic carbocycles. The van der Waals surface area contributed by atoms with Crippen LogP contribution in [0, 0.1) is 19.6 Å². The van der Waals surface area contributed by atoms with Crippen molar-refractivity contribution < 1.29 is 21.1 Å². The summed E-state index contributed by atoms with van der Waals surface area (Å²) in [4.78, 5) is 14.8. The summed E-state index contributed by atoms with van der Waals surface area (Å²) in [5.74, 6) is 0. The molecule has 3 heteroatoms. The zero-order valence-corrected chi connectivity index (χ0v) is 13.8. The van der Waals surface area contributed by atoms with E-state index in [0.29, 0.717) is 5.39 Å². The van der Waals surface area contributed by atoms with Crippen LogP contribution in [0.2, 0.25) is 0 Å². The summed E-state index contributed by atoms with van der Waals surface area (Å²) in [7, 11) is 0. The van der Waals surface area contributed by atoms with Crippen molar-refractivity contribution in [1.29, 1.82) is 0 Å². The molecule has 0 saturated carbocycles. The van der Waals surface area contributed by atoms with Gasteiger partial charge in [0.1, 0.15) is 0 Å².